The van der Waals surface area contributed by atoms with Gasteiger partial charge in [0, 0.05) is 0 Å². The molecule has 0 saturated heterocycles. The number of halogens is 1. The molecule has 150 valence electrons. The Kier molecular flexibility index (Phi) is 7.97. The van der Waals surface area contributed by atoms with E-state index in [0.717, 1.165) is 36.2 Å². The Bertz CT molecular complexity index is 594. The molecule has 0 bridgehead atoms. The maximum absolute atomic E-state index is 14.7. The van der Waals surface area contributed by atoms with Gasteiger partial charge in [-0.15, -0.1) is 0 Å². The molecule has 0 nitrogen and oxygen atoms in total. The topological polar surface area (TPSA) is 0 Å². The predicted molar refractivity (Wildman–Crippen MR) is 115 cm³/mol. The molecule has 0 N–H and O–H groups in total. The van der Waals surface area contributed by atoms with Gasteiger partial charge in [-0.2, -0.15) is 0 Å². The zero-order valence-corrected chi connectivity index (χ0v) is 17.6. The maximum atomic E-state index is 14.7. The largest absolute Gasteiger partial charge is 0.207 e. The molecule has 1 fully saturated rings. The van der Waals surface area contributed by atoms with Crippen molar-refractivity contribution in [3.05, 3.63) is 47.3 Å². The number of hydrogen-bond donors (Lipinski definition) is 0. The van der Waals surface area contributed by atoms with Crippen LogP contribution < -0.4 is 0 Å². The van der Waals surface area contributed by atoms with E-state index >= 15 is 0 Å². The van der Waals surface area contributed by atoms with Gasteiger partial charge in [-0.1, -0.05) is 70.2 Å². The average Bonchev–Trinajstić information content (AvgIpc) is 2.70. The molecular weight excluding hydrogens is 331 g/mol. The third-order valence-corrected chi connectivity index (χ3v) is 7.15. The molecule has 2 aliphatic carbocycles. The molecule has 1 aromatic carbocycles. The summed E-state index contributed by atoms with van der Waals surface area (Å²) in [6.07, 6.45) is 19.7. The highest BCUT2D eigenvalue weighted by molar-refractivity contribution is 5.28. The van der Waals surface area contributed by atoms with Crippen LogP contribution in [0.25, 0.3) is 0 Å². The maximum Gasteiger partial charge on any atom is 0.126 e. The summed E-state index contributed by atoms with van der Waals surface area (Å²) in [6, 6.07) is 6.23. The monoisotopic (exact) mass is 370 g/mol. The standard InChI is InChI=1S/C26H39F/c1-3-8-20-12-14-22(15-13-20)25(18-21-10-6-5-7-11-21)24-17-16-23(9-4-2)26(27)19-24/h5-6,16-17,19-22,25H,3-4,7-15,18H2,1-2H3. The van der Waals surface area contributed by atoms with Crippen LogP contribution in [-0.4, -0.2) is 0 Å². The van der Waals surface area contributed by atoms with E-state index in [1.807, 2.05) is 6.07 Å². The fourth-order valence-corrected chi connectivity index (χ4v) is 5.58. The van der Waals surface area contributed by atoms with E-state index in [2.05, 4.69) is 38.1 Å². The summed E-state index contributed by atoms with van der Waals surface area (Å²) in [5.41, 5.74) is 2.17. The summed E-state index contributed by atoms with van der Waals surface area (Å²) >= 11 is 0. The Morgan fingerprint density at radius 3 is 2.41 bits per heavy atom. The Morgan fingerprint density at radius 2 is 1.78 bits per heavy atom. The fraction of sp³-hybridized carbons (Fsp3) is 0.692. The van der Waals surface area contributed by atoms with Gasteiger partial charge in [0.05, 0.1) is 0 Å². The zero-order chi connectivity index (χ0) is 19.1. The van der Waals surface area contributed by atoms with Crippen molar-refractivity contribution in [2.75, 3.05) is 0 Å². The first-order valence-electron chi connectivity index (χ1n) is 11.6. The van der Waals surface area contributed by atoms with Crippen molar-refractivity contribution in [3.8, 4) is 0 Å². The van der Waals surface area contributed by atoms with Gasteiger partial charge in [-0.05, 0) is 85.8 Å². The van der Waals surface area contributed by atoms with Crippen molar-refractivity contribution in [3.63, 3.8) is 0 Å². The highest BCUT2D eigenvalue weighted by Crippen LogP contribution is 2.44. The van der Waals surface area contributed by atoms with Gasteiger partial charge in [0.25, 0.3) is 0 Å². The van der Waals surface area contributed by atoms with Crippen LogP contribution in [0.3, 0.4) is 0 Å². The van der Waals surface area contributed by atoms with Crippen LogP contribution in [0.2, 0.25) is 0 Å². The second kappa shape index (κ2) is 10.4. The van der Waals surface area contributed by atoms with Gasteiger partial charge < -0.3 is 0 Å². The Hall–Kier alpha value is -1.11. The van der Waals surface area contributed by atoms with E-state index in [4.69, 9.17) is 0 Å². The first-order valence-corrected chi connectivity index (χ1v) is 11.6. The minimum absolute atomic E-state index is 0.0301. The van der Waals surface area contributed by atoms with Crippen molar-refractivity contribution in [1.29, 1.82) is 0 Å². The van der Waals surface area contributed by atoms with E-state index in [9.17, 15) is 4.39 Å². The minimum atomic E-state index is 0.0301. The summed E-state index contributed by atoms with van der Waals surface area (Å²) in [5, 5.41) is 0. The van der Waals surface area contributed by atoms with E-state index in [1.54, 1.807) is 0 Å². The summed E-state index contributed by atoms with van der Waals surface area (Å²) in [4.78, 5) is 0. The summed E-state index contributed by atoms with van der Waals surface area (Å²) in [7, 11) is 0. The third kappa shape index (κ3) is 5.69. The van der Waals surface area contributed by atoms with Gasteiger partial charge in [-0.25, -0.2) is 4.39 Å². The molecule has 2 aliphatic rings. The van der Waals surface area contributed by atoms with E-state index in [1.165, 1.54) is 69.8 Å². The molecule has 1 heteroatoms. The summed E-state index contributed by atoms with van der Waals surface area (Å²) in [6.45, 7) is 4.44. The lowest BCUT2D eigenvalue weighted by Gasteiger charge is -2.36. The van der Waals surface area contributed by atoms with Crippen molar-refractivity contribution in [2.24, 2.45) is 17.8 Å². The highest BCUT2D eigenvalue weighted by Gasteiger charge is 2.30. The highest BCUT2D eigenvalue weighted by atomic mass is 19.1. The van der Waals surface area contributed by atoms with Crippen LogP contribution in [-0.2, 0) is 6.42 Å². The fourth-order valence-electron chi connectivity index (χ4n) is 5.58. The Labute approximate surface area is 166 Å². The lowest BCUT2D eigenvalue weighted by Crippen LogP contribution is -2.23. The van der Waals surface area contributed by atoms with Crippen molar-refractivity contribution < 1.29 is 4.39 Å². The Balaban J connectivity index is 1.75. The molecule has 0 aromatic heterocycles. The molecule has 1 aromatic rings. The number of allylic oxidation sites excluding steroid dienone is 2. The van der Waals surface area contributed by atoms with Crippen LogP contribution in [0.4, 0.5) is 4.39 Å². The number of benzene rings is 1. The van der Waals surface area contributed by atoms with Crippen LogP contribution in [0.1, 0.15) is 102 Å². The van der Waals surface area contributed by atoms with Crippen molar-refractivity contribution in [2.45, 2.75) is 96.8 Å². The molecule has 0 radical (unpaired) electrons. The van der Waals surface area contributed by atoms with E-state index in [-0.39, 0.29) is 5.82 Å². The van der Waals surface area contributed by atoms with Crippen LogP contribution in [0.15, 0.2) is 30.4 Å². The number of rotatable bonds is 8. The molecule has 1 saturated carbocycles. The lowest BCUT2D eigenvalue weighted by atomic mass is 9.69. The first-order chi connectivity index (χ1) is 13.2. The van der Waals surface area contributed by atoms with Gasteiger partial charge in [0.15, 0.2) is 0 Å². The van der Waals surface area contributed by atoms with E-state index in [0.29, 0.717) is 5.92 Å². The molecule has 0 spiro atoms. The first kappa shape index (κ1) is 20.6. The van der Waals surface area contributed by atoms with Gasteiger partial charge in [0.2, 0.25) is 0 Å². The predicted octanol–water partition coefficient (Wildman–Crippen LogP) is 8.21. The van der Waals surface area contributed by atoms with E-state index < -0.39 is 0 Å². The molecule has 2 unspecified atom stereocenters. The minimum Gasteiger partial charge on any atom is -0.207 e. The molecule has 0 aliphatic heterocycles. The Morgan fingerprint density at radius 1 is 0.963 bits per heavy atom. The summed E-state index contributed by atoms with van der Waals surface area (Å²) in [5.74, 6) is 3.05. The average molecular weight is 371 g/mol. The van der Waals surface area contributed by atoms with Gasteiger partial charge in [0.1, 0.15) is 5.82 Å². The third-order valence-electron chi connectivity index (χ3n) is 7.15. The molecule has 0 amide bonds. The van der Waals surface area contributed by atoms with Gasteiger partial charge >= 0.3 is 0 Å². The smallest absolute Gasteiger partial charge is 0.126 e. The second-order valence-electron chi connectivity index (χ2n) is 9.16. The molecule has 2 atom stereocenters. The number of hydrogen-bond acceptors (Lipinski definition) is 0. The van der Waals surface area contributed by atoms with Crippen molar-refractivity contribution >= 4 is 0 Å². The van der Waals surface area contributed by atoms with Crippen molar-refractivity contribution in [1.82, 2.24) is 0 Å². The number of aryl methyl sites for hydroxylation is 1. The van der Waals surface area contributed by atoms with Crippen LogP contribution in [0, 0.1) is 23.6 Å². The van der Waals surface area contributed by atoms with Crippen LogP contribution in [0.5, 0.6) is 0 Å². The molecule has 27 heavy (non-hydrogen) atoms. The molecular formula is C26H39F. The zero-order valence-electron chi connectivity index (χ0n) is 17.6. The SMILES string of the molecule is CCCc1ccc(C(CC2CC=CCC2)C2CCC(CCC)CC2)cc1F. The van der Waals surface area contributed by atoms with Crippen LogP contribution >= 0.6 is 0 Å². The van der Waals surface area contributed by atoms with Gasteiger partial charge in [-0.3, -0.25) is 0 Å². The molecule has 3 rings (SSSR count). The summed E-state index contributed by atoms with van der Waals surface area (Å²) < 4.78 is 14.7. The second-order valence-corrected chi connectivity index (χ2v) is 9.16. The lowest BCUT2D eigenvalue weighted by molar-refractivity contribution is 0.211. The normalized spacial score (nSPS) is 26.9. The molecule has 0 heterocycles. The quantitative estimate of drug-likeness (QED) is 0.404.